The van der Waals surface area contributed by atoms with Gasteiger partial charge in [0.1, 0.15) is 5.82 Å². The van der Waals surface area contributed by atoms with Crippen LogP contribution in [0.5, 0.6) is 0 Å². The van der Waals surface area contributed by atoms with Gasteiger partial charge in [0, 0.05) is 23.7 Å². The topological polar surface area (TPSA) is 82.7 Å². The number of carbonyl (C=O) groups excluding carboxylic acids is 1. The monoisotopic (exact) mass is 351 g/mol. The summed E-state index contributed by atoms with van der Waals surface area (Å²) in [6.07, 6.45) is 6.96. The first-order valence-electron chi connectivity index (χ1n) is 9.79. The van der Waals surface area contributed by atoms with E-state index in [-0.39, 0.29) is 11.3 Å². The number of carbonyl (C=O) groups is 1. The average Bonchev–Trinajstić information content (AvgIpc) is 3.23. The molecule has 5 rings (SSSR count). The maximum Gasteiger partial charge on any atom is 0.232 e. The number of hydrogen-bond donors (Lipinski definition) is 3. The van der Waals surface area contributed by atoms with Crippen molar-refractivity contribution in [3.8, 4) is 11.4 Å². The highest BCUT2D eigenvalue weighted by atomic mass is 16.2. The molecule has 0 unspecified atom stereocenters. The summed E-state index contributed by atoms with van der Waals surface area (Å²) in [6.45, 7) is 1.78. The number of rotatable bonds is 4. The van der Waals surface area contributed by atoms with Gasteiger partial charge in [-0.2, -0.15) is 5.10 Å². The summed E-state index contributed by atoms with van der Waals surface area (Å²) < 4.78 is 0. The summed E-state index contributed by atoms with van der Waals surface area (Å²) in [4.78, 5) is 17.6. The lowest BCUT2D eigenvalue weighted by molar-refractivity contribution is -0.128. The summed E-state index contributed by atoms with van der Waals surface area (Å²) in [6, 6.07) is 7.88. The second-order valence-electron chi connectivity index (χ2n) is 8.08. The number of aromatic amines is 1. The Morgan fingerprint density at radius 1 is 1.15 bits per heavy atom. The standard InChI is InChI=1S/C20H25N5O/c26-19(20-10-2-1-3-15(20)11-21-12-20)22-16-8-6-14(7-9-16)18-23-17(24-25-18)13-4-5-13/h6-9,13,15,21H,1-5,10-12H2,(H,22,26)(H,23,24,25)/t15-,20+/m0/s1. The fourth-order valence-corrected chi connectivity index (χ4v) is 4.59. The van der Waals surface area contributed by atoms with E-state index in [4.69, 9.17) is 0 Å². The van der Waals surface area contributed by atoms with E-state index in [9.17, 15) is 4.79 Å². The van der Waals surface area contributed by atoms with E-state index >= 15 is 0 Å². The molecule has 136 valence electrons. The lowest BCUT2D eigenvalue weighted by atomic mass is 9.67. The van der Waals surface area contributed by atoms with E-state index in [0.29, 0.717) is 11.8 Å². The van der Waals surface area contributed by atoms with Crippen molar-refractivity contribution in [1.82, 2.24) is 20.5 Å². The molecule has 3 fully saturated rings. The van der Waals surface area contributed by atoms with Crippen LogP contribution in [0.1, 0.15) is 50.3 Å². The lowest BCUT2D eigenvalue weighted by Gasteiger charge is -2.37. The molecule has 0 bridgehead atoms. The Morgan fingerprint density at radius 2 is 2.00 bits per heavy atom. The highest BCUT2D eigenvalue weighted by Gasteiger charge is 2.49. The van der Waals surface area contributed by atoms with E-state index in [1.165, 1.54) is 19.3 Å². The molecule has 0 spiro atoms. The van der Waals surface area contributed by atoms with Crippen LogP contribution in [0.4, 0.5) is 5.69 Å². The Kier molecular flexibility index (Phi) is 3.81. The molecular formula is C20H25N5O. The van der Waals surface area contributed by atoms with Crippen molar-refractivity contribution in [1.29, 1.82) is 0 Å². The van der Waals surface area contributed by atoms with Crippen LogP contribution in [0.15, 0.2) is 24.3 Å². The number of anilines is 1. The molecule has 1 saturated heterocycles. The van der Waals surface area contributed by atoms with Crippen molar-refractivity contribution < 1.29 is 4.79 Å². The van der Waals surface area contributed by atoms with Gasteiger partial charge < -0.3 is 10.6 Å². The molecule has 6 heteroatoms. The Morgan fingerprint density at radius 3 is 2.81 bits per heavy atom. The predicted octanol–water partition coefficient (Wildman–Crippen LogP) is 3.07. The summed E-state index contributed by atoms with van der Waals surface area (Å²) in [7, 11) is 0. The van der Waals surface area contributed by atoms with Gasteiger partial charge in [-0.05, 0) is 62.4 Å². The average molecular weight is 351 g/mol. The van der Waals surface area contributed by atoms with Gasteiger partial charge in [-0.3, -0.25) is 9.89 Å². The van der Waals surface area contributed by atoms with Crippen LogP contribution in [-0.2, 0) is 4.79 Å². The van der Waals surface area contributed by atoms with Gasteiger partial charge in [-0.1, -0.05) is 12.8 Å². The van der Waals surface area contributed by atoms with Gasteiger partial charge in [0.25, 0.3) is 0 Å². The Hall–Kier alpha value is -2.21. The summed E-state index contributed by atoms with van der Waals surface area (Å²) in [5.74, 6) is 2.94. The Bertz CT molecular complexity index is 810. The molecule has 3 N–H and O–H groups in total. The fraction of sp³-hybridized carbons (Fsp3) is 0.550. The van der Waals surface area contributed by atoms with Gasteiger partial charge in [-0.25, -0.2) is 4.98 Å². The minimum absolute atomic E-state index is 0.175. The van der Waals surface area contributed by atoms with E-state index in [1.807, 2.05) is 24.3 Å². The first-order chi connectivity index (χ1) is 12.7. The van der Waals surface area contributed by atoms with Gasteiger partial charge >= 0.3 is 0 Å². The summed E-state index contributed by atoms with van der Waals surface area (Å²) in [5, 5.41) is 14.0. The van der Waals surface area contributed by atoms with E-state index < -0.39 is 0 Å². The van der Waals surface area contributed by atoms with Gasteiger partial charge in [-0.15, -0.1) is 0 Å². The number of nitrogens with zero attached hydrogens (tertiary/aromatic N) is 2. The van der Waals surface area contributed by atoms with Crippen LogP contribution in [0.25, 0.3) is 11.4 Å². The largest absolute Gasteiger partial charge is 0.326 e. The van der Waals surface area contributed by atoms with Crippen molar-refractivity contribution in [3.63, 3.8) is 0 Å². The smallest absolute Gasteiger partial charge is 0.232 e. The third-order valence-electron chi connectivity index (χ3n) is 6.36. The van der Waals surface area contributed by atoms with Crippen molar-refractivity contribution >= 4 is 11.6 Å². The van der Waals surface area contributed by atoms with Crippen LogP contribution in [0.2, 0.25) is 0 Å². The van der Waals surface area contributed by atoms with Crippen LogP contribution in [-0.4, -0.2) is 34.2 Å². The van der Waals surface area contributed by atoms with E-state index in [2.05, 4.69) is 25.8 Å². The molecule has 1 aromatic carbocycles. The molecule has 3 aliphatic rings. The summed E-state index contributed by atoms with van der Waals surface area (Å²) >= 11 is 0. The summed E-state index contributed by atoms with van der Waals surface area (Å²) in [5.41, 5.74) is 1.60. The molecule has 2 heterocycles. The lowest BCUT2D eigenvalue weighted by Crippen LogP contribution is -2.44. The second kappa shape index (κ2) is 6.20. The second-order valence-corrected chi connectivity index (χ2v) is 8.08. The van der Waals surface area contributed by atoms with Crippen molar-refractivity contribution in [2.24, 2.45) is 11.3 Å². The van der Waals surface area contributed by atoms with Crippen molar-refractivity contribution in [3.05, 3.63) is 30.1 Å². The van der Waals surface area contributed by atoms with Crippen molar-refractivity contribution in [2.45, 2.75) is 44.4 Å². The molecular weight excluding hydrogens is 326 g/mol. The van der Waals surface area contributed by atoms with Crippen LogP contribution < -0.4 is 10.6 Å². The molecule has 6 nitrogen and oxygen atoms in total. The van der Waals surface area contributed by atoms with Crippen LogP contribution in [0, 0.1) is 11.3 Å². The maximum atomic E-state index is 13.0. The highest BCUT2D eigenvalue weighted by molar-refractivity contribution is 5.96. The SMILES string of the molecule is O=C(Nc1ccc(-c2n[nH]c(C3CC3)n2)cc1)[C@@]12CCCC[C@H]1CNC2. The van der Waals surface area contributed by atoms with E-state index in [0.717, 1.165) is 55.3 Å². The quantitative estimate of drug-likeness (QED) is 0.790. The highest BCUT2D eigenvalue weighted by Crippen LogP contribution is 2.44. The molecule has 1 amide bonds. The third-order valence-corrected chi connectivity index (χ3v) is 6.36. The molecule has 0 radical (unpaired) electrons. The van der Waals surface area contributed by atoms with Gasteiger partial charge in [0.05, 0.1) is 5.41 Å². The minimum atomic E-state index is -0.222. The zero-order chi connectivity index (χ0) is 17.6. The number of benzene rings is 1. The molecule has 26 heavy (non-hydrogen) atoms. The minimum Gasteiger partial charge on any atom is -0.326 e. The molecule has 1 aliphatic heterocycles. The number of nitrogens with one attached hydrogen (secondary N) is 3. The van der Waals surface area contributed by atoms with Gasteiger partial charge in [0.15, 0.2) is 5.82 Å². The normalized spacial score (nSPS) is 27.9. The molecule has 2 atom stereocenters. The first-order valence-corrected chi connectivity index (χ1v) is 9.79. The van der Waals surface area contributed by atoms with E-state index in [1.54, 1.807) is 0 Å². The molecule has 1 aromatic heterocycles. The Labute approximate surface area is 153 Å². The maximum absolute atomic E-state index is 13.0. The zero-order valence-corrected chi connectivity index (χ0v) is 14.9. The van der Waals surface area contributed by atoms with Gasteiger partial charge in [0.2, 0.25) is 5.91 Å². The van der Waals surface area contributed by atoms with Crippen LogP contribution >= 0.6 is 0 Å². The molecule has 2 saturated carbocycles. The number of aromatic nitrogens is 3. The third kappa shape index (κ3) is 2.72. The number of amides is 1. The predicted molar refractivity (Wildman–Crippen MR) is 99.7 cm³/mol. The number of fused-ring (bicyclic) bond motifs is 1. The van der Waals surface area contributed by atoms with Crippen LogP contribution in [0.3, 0.4) is 0 Å². The number of H-pyrrole nitrogens is 1. The first kappa shape index (κ1) is 16.0. The fourth-order valence-electron chi connectivity index (χ4n) is 4.59. The number of hydrogen-bond acceptors (Lipinski definition) is 4. The Balaban J connectivity index is 1.30. The van der Waals surface area contributed by atoms with Crippen molar-refractivity contribution in [2.75, 3.05) is 18.4 Å². The molecule has 2 aromatic rings. The zero-order valence-electron chi connectivity index (χ0n) is 14.9. The molecule has 2 aliphatic carbocycles.